The maximum atomic E-state index is 15.5. The van der Waals surface area contributed by atoms with Crippen molar-refractivity contribution in [3.8, 4) is 16.9 Å². The van der Waals surface area contributed by atoms with Gasteiger partial charge in [0.1, 0.15) is 11.6 Å². The van der Waals surface area contributed by atoms with Crippen molar-refractivity contribution in [2.45, 2.75) is 50.3 Å². The van der Waals surface area contributed by atoms with Gasteiger partial charge in [-0.1, -0.05) is 21.4 Å². The quantitative estimate of drug-likeness (QED) is 0.220. The number of amides is 1. The summed E-state index contributed by atoms with van der Waals surface area (Å²) in [5.41, 5.74) is -4.49. The van der Waals surface area contributed by atoms with Crippen molar-refractivity contribution < 1.29 is 32.5 Å². The number of alkyl halides is 2. The molecular weight excluding hydrogens is 490 g/mol. The van der Waals surface area contributed by atoms with Crippen molar-refractivity contribution in [3.05, 3.63) is 53.3 Å². The van der Waals surface area contributed by atoms with E-state index < -0.39 is 17.1 Å². The lowest BCUT2D eigenvalue weighted by Gasteiger charge is -2.43. The number of benzene rings is 2. The zero-order valence-corrected chi connectivity index (χ0v) is 22.0. The van der Waals surface area contributed by atoms with Gasteiger partial charge in [0.05, 0.1) is 12.2 Å². The third-order valence-electron chi connectivity index (χ3n) is 6.80. The molecule has 36 heavy (non-hydrogen) atoms. The van der Waals surface area contributed by atoms with Crippen molar-refractivity contribution in [1.82, 2.24) is 4.90 Å². The van der Waals surface area contributed by atoms with E-state index in [0.29, 0.717) is 57.4 Å². The van der Waals surface area contributed by atoms with Crippen LogP contribution in [0.3, 0.4) is 0 Å². The first-order chi connectivity index (χ1) is 17.1. The second-order valence-corrected chi connectivity index (χ2v) is 10.0. The van der Waals surface area contributed by atoms with Crippen LogP contribution < -0.4 is 4.74 Å². The van der Waals surface area contributed by atoms with E-state index in [1.165, 1.54) is 39.6 Å². The molecule has 0 bridgehead atoms. The summed E-state index contributed by atoms with van der Waals surface area (Å²) in [7, 11) is 3.10. The van der Waals surface area contributed by atoms with E-state index in [9.17, 15) is 18.7 Å². The molecular formula is C27H35F3NO4P. The number of likely N-dealkylation sites (tertiary alicyclic amines) is 1. The molecule has 1 saturated heterocycles. The number of carbonyl (C=O) groups is 1. The van der Waals surface area contributed by atoms with Crippen LogP contribution in [0.2, 0.25) is 0 Å². The zero-order valence-electron chi connectivity index (χ0n) is 20.8. The van der Waals surface area contributed by atoms with E-state index in [1.807, 2.05) is 0 Å². The van der Waals surface area contributed by atoms with Crippen LogP contribution in [-0.2, 0) is 20.8 Å². The maximum absolute atomic E-state index is 15.5. The van der Waals surface area contributed by atoms with Crippen LogP contribution >= 0.6 is 9.24 Å². The highest BCUT2D eigenvalue weighted by molar-refractivity contribution is 7.17. The number of nitrogens with zero attached hydrogens (tertiary/aromatic N) is 1. The number of methoxy groups -OCH3 is 1. The van der Waals surface area contributed by atoms with E-state index in [0.717, 1.165) is 6.41 Å². The van der Waals surface area contributed by atoms with E-state index >= 15 is 4.39 Å². The lowest BCUT2D eigenvalue weighted by Crippen LogP contribution is -2.46. The highest BCUT2D eigenvalue weighted by atomic mass is 31.0. The van der Waals surface area contributed by atoms with Crippen LogP contribution in [0, 0.1) is 11.7 Å². The molecule has 1 fully saturated rings. The minimum Gasteiger partial charge on any atom is -0.494 e. The van der Waals surface area contributed by atoms with E-state index in [4.69, 9.17) is 9.47 Å². The Bertz CT molecular complexity index is 1030. The fourth-order valence-corrected chi connectivity index (χ4v) is 5.22. The van der Waals surface area contributed by atoms with Crippen molar-refractivity contribution in [3.63, 3.8) is 0 Å². The van der Waals surface area contributed by atoms with Crippen LogP contribution in [0.5, 0.6) is 5.75 Å². The molecule has 0 aromatic heterocycles. The molecule has 1 heterocycles. The molecule has 0 spiro atoms. The molecule has 3 unspecified atom stereocenters. The molecule has 1 N–H and O–H groups in total. The Kier molecular flexibility index (Phi) is 9.79. The molecule has 5 nitrogen and oxygen atoms in total. The number of carbonyl (C=O) groups excluding carboxylic acids is 1. The first-order valence-electron chi connectivity index (χ1n) is 12.3. The van der Waals surface area contributed by atoms with E-state index in [-0.39, 0.29) is 35.0 Å². The SMILES string of the molecule is CCOc1cc(-c2c(F)cccc2C(O)(CCCCOC)C2CCCN(C=O)C2)cc(C(F)(F)P)c1. The summed E-state index contributed by atoms with van der Waals surface area (Å²) < 4.78 is 54.9. The molecule has 3 rings (SSSR count). The van der Waals surface area contributed by atoms with Crippen LogP contribution in [0.1, 0.15) is 50.2 Å². The lowest BCUT2D eigenvalue weighted by atomic mass is 9.72. The van der Waals surface area contributed by atoms with Gasteiger partial charge in [-0.15, -0.1) is 0 Å². The van der Waals surface area contributed by atoms with Gasteiger partial charge in [-0.05, 0) is 74.4 Å². The molecule has 1 amide bonds. The Hall–Kier alpha value is -2.15. The molecule has 0 saturated carbocycles. The Morgan fingerprint density at radius 1 is 1.25 bits per heavy atom. The summed E-state index contributed by atoms with van der Waals surface area (Å²) in [5, 5.41) is 12.3. The number of ether oxygens (including phenoxy) is 2. The van der Waals surface area contributed by atoms with Crippen LogP contribution in [0.15, 0.2) is 36.4 Å². The third-order valence-corrected chi connectivity index (χ3v) is 7.14. The molecule has 198 valence electrons. The topological polar surface area (TPSA) is 59.0 Å². The first-order valence-corrected chi connectivity index (χ1v) is 12.9. The van der Waals surface area contributed by atoms with Crippen LogP contribution in [0.25, 0.3) is 11.1 Å². The summed E-state index contributed by atoms with van der Waals surface area (Å²) in [5.74, 6) is -0.787. The van der Waals surface area contributed by atoms with Gasteiger partial charge in [0.25, 0.3) is 5.66 Å². The number of rotatable bonds is 12. The van der Waals surface area contributed by atoms with Crippen molar-refractivity contribution >= 4 is 15.6 Å². The summed E-state index contributed by atoms with van der Waals surface area (Å²) in [6.45, 7) is 3.43. The number of halogens is 3. The minimum absolute atomic E-state index is 0.0621. The Morgan fingerprint density at radius 3 is 2.69 bits per heavy atom. The van der Waals surface area contributed by atoms with Crippen LogP contribution in [-0.4, -0.2) is 49.8 Å². The van der Waals surface area contributed by atoms with Crippen molar-refractivity contribution in [2.24, 2.45) is 5.92 Å². The molecule has 3 atom stereocenters. The molecule has 1 aliphatic rings. The van der Waals surface area contributed by atoms with E-state index in [2.05, 4.69) is 0 Å². The van der Waals surface area contributed by atoms with Gasteiger partial charge >= 0.3 is 0 Å². The summed E-state index contributed by atoms with van der Waals surface area (Å²) >= 11 is 0. The Labute approximate surface area is 213 Å². The molecule has 1 aliphatic heterocycles. The van der Waals surface area contributed by atoms with Crippen LogP contribution in [0.4, 0.5) is 13.2 Å². The van der Waals surface area contributed by atoms with Gasteiger partial charge < -0.3 is 19.5 Å². The highest BCUT2D eigenvalue weighted by Crippen LogP contribution is 2.46. The van der Waals surface area contributed by atoms with Gasteiger partial charge in [0, 0.05) is 43.9 Å². The molecule has 2 aromatic rings. The first kappa shape index (κ1) is 28.4. The highest BCUT2D eigenvalue weighted by Gasteiger charge is 2.42. The fraction of sp³-hybridized carbons (Fsp3) is 0.519. The molecule has 0 aliphatic carbocycles. The second-order valence-electron chi connectivity index (χ2n) is 9.28. The number of hydrogen-bond acceptors (Lipinski definition) is 4. The average Bonchev–Trinajstić information content (AvgIpc) is 2.86. The minimum atomic E-state index is -3.25. The summed E-state index contributed by atoms with van der Waals surface area (Å²) in [6.07, 6.45) is 3.72. The number of aliphatic hydroxyl groups is 1. The monoisotopic (exact) mass is 525 g/mol. The average molecular weight is 526 g/mol. The van der Waals surface area contributed by atoms with Crippen molar-refractivity contribution in [2.75, 3.05) is 33.4 Å². The normalized spacial score (nSPS) is 18.1. The van der Waals surface area contributed by atoms with Gasteiger partial charge in [-0.25, -0.2) is 4.39 Å². The van der Waals surface area contributed by atoms with Gasteiger partial charge in [-0.2, -0.15) is 8.78 Å². The molecule has 9 heteroatoms. The second kappa shape index (κ2) is 12.4. The van der Waals surface area contributed by atoms with Gasteiger partial charge in [0.15, 0.2) is 0 Å². The standard InChI is InChI=1S/C27H35F3NO4P/c1-3-35-22-15-19(14-21(16-22)27(29,30)36)25-23(9-6-10-24(25)28)26(33,11-4-5-13-34-2)20-8-7-12-31(17-20)18-32/h6,9-10,14-16,18,20,33H,3-5,7-8,11-13,17,36H2,1-2H3. The largest absolute Gasteiger partial charge is 0.494 e. The number of hydrogen-bond donors (Lipinski definition) is 1. The smallest absolute Gasteiger partial charge is 0.284 e. The fourth-order valence-electron chi connectivity index (χ4n) is 5.06. The molecule has 0 radical (unpaired) electrons. The number of unbranched alkanes of at least 4 members (excludes halogenated alkanes) is 1. The summed E-state index contributed by atoms with van der Waals surface area (Å²) in [4.78, 5) is 13.1. The zero-order chi connectivity index (χ0) is 26.3. The van der Waals surface area contributed by atoms with E-state index in [1.54, 1.807) is 25.0 Å². The predicted octanol–water partition coefficient (Wildman–Crippen LogP) is 5.69. The summed E-state index contributed by atoms with van der Waals surface area (Å²) in [6, 6.07) is 8.43. The third kappa shape index (κ3) is 6.58. The number of piperidine rings is 1. The Balaban J connectivity index is 2.18. The Morgan fingerprint density at radius 2 is 2.03 bits per heavy atom. The van der Waals surface area contributed by atoms with Crippen molar-refractivity contribution in [1.29, 1.82) is 0 Å². The van der Waals surface area contributed by atoms with Gasteiger partial charge in [0.2, 0.25) is 6.41 Å². The molecule has 2 aromatic carbocycles. The van der Waals surface area contributed by atoms with Gasteiger partial charge in [-0.3, -0.25) is 4.79 Å². The maximum Gasteiger partial charge on any atom is 0.284 e. The predicted molar refractivity (Wildman–Crippen MR) is 137 cm³/mol. The lowest BCUT2D eigenvalue weighted by molar-refractivity contribution is -0.123.